The van der Waals surface area contributed by atoms with Crippen molar-refractivity contribution >= 4 is 16.9 Å². The van der Waals surface area contributed by atoms with Crippen molar-refractivity contribution in [1.29, 1.82) is 5.26 Å². The van der Waals surface area contributed by atoms with Crippen molar-refractivity contribution in [3.8, 4) is 11.8 Å². The molecule has 0 aliphatic rings. The second kappa shape index (κ2) is 3.95. The number of fused-ring (bicyclic) bond motifs is 1. The summed E-state index contributed by atoms with van der Waals surface area (Å²) in [5.41, 5.74) is 0.499. The average molecular weight is 217 g/mol. The summed E-state index contributed by atoms with van der Waals surface area (Å²) in [7, 11) is 0. The Hall–Kier alpha value is -2.48. The number of ether oxygens (including phenoxy) is 1. The van der Waals surface area contributed by atoms with Crippen molar-refractivity contribution < 1.29 is 19.1 Å². The molecule has 0 aliphatic heterocycles. The van der Waals surface area contributed by atoms with Crippen LogP contribution in [0.5, 0.6) is 5.75 Å². The number of aliphatic carboxylic acids is 1. The van der Waals surface area contributed by atoms with Gasteiger partial charge < -0.3 is 14.3 Å². The fourth-order valence-electron chi connectivity index (χ4n) is 1.37. The monoisotopic (exact) mass is 217 g/mol. The van der Waals surface area contributed by atoms with Crippen LogP contribution in [-0.2, 0) is 4.79 Å². The molecule has 0 saturated carbocycles. The van der Waals surface area contributed by atoms with Gasteiger partial charge in [-0.05, 0) is 12.1 Å². The zero-order valence-electron chi connectivity index (χ0n) is 8.14. The van der Waals surface area contributed by atoms with Gasteiger partial charge in [-0.2, -0.15) is 5.26 Å². The van der Waals surface area contributed by atoms with Crippen molar-refractivity contribution in [2.75, 3.05) is 6.61 Å². The molecule has 1 aromatic heterocycles. The summed E-state index contributed by atoms with van der Waals surface area (Å²) >= 11 is 0. The Labute approximate surface area is 90.5 Å². The fourth-order valence-corrected chi connectivity index (χ4v) is 1.37. The first kappa shape index (κ1) is 10.1. The minimum Gasteiger partial charge on any atom is -0.479 e. The Kier molecular flexibility index (Phi) is 2.48. The van der Waals surface area contributed by atoms with Crippen LogP contribution in [0.3, 0.4) is 0 Å². The molecule has 0 fully saturated rings. The van der Waals surface area contributed by atoms with Gasteiger partial charge in [0, 0.05) is 0 Å². The number of carbonyl (C=O) groups is 1. The third-order valence-corrected chi connectivity index (χ3v) is 1.99. The quantitative estimate of drug-likeness (QED) is 0.846. The molecular weight excluding hydrogens is 210 g/mol. The molecule has 1 N–H and O–H groups in total. The van der Waals surface area contributed by atoms with Gasteiger partial charge in [-0.1, -0.05) is 12.1 Å². The highest BCUT2D eigenvalue weighted by molar-refractivity contribution is 5.86. The highest BCUT2D eigenvalue weighted by Crippen LogP contribution is 2.32. The number of carboxylic acids is 1. The molecule has 1 aromatic carbocycles. The highest BCUT2D eigenvalue weighted by atomic mass is 16.5. The van der Waals surface area contributed by atoms with E-state index in [1.807, 2.05) is 6.07 Å². The van der Waals surface area contributed by atoms with Gasteiger partial charge >= 0.3 is 5.97 Å². The van der Waals surface area contributed by atoms with Gasteiger partial charge in [-0.3, -0.25) is 0 Å². The number of benzene rings is 1. The first-order valence-corrected chi connectivity index (χ1v) is 4.48. The summed E-state index contributed by atoms with van der Waals surface area (Å²) < 4.78 is 10.2. The number of hydrogen-bond acceptors (Lipinski definition) is 4. The van der Waals surface area contributed by atoms with Crippen molar-refractivity contribution in [1.82, 2.24) is 0 Å². The molecular formula is C11H7NO4. The lowest BCUT2D eigenvalue weighted by Gasteiger charge is -1.99. The molecule has 2 aromatic rings. The van der Waals surface area contributed by atoms with Crippen LogP contribution in [0, 0.1) is 11.3 Å². The van der Waals surface area contributed by atoms with E-state index in [-0.39, 0.29) is 11.5 Å². The van der Waals surface area contributed by atoms with Gasteiger partial charge in [0.15, 0.2) is 12.4 Å². The molecule has 5 nitrogen and oxygen atoms in total. The summed E-state index contributed by atoms with van der Waals surface area (Å²) in [6.45, 7) is -0.502. The minimum atomic E-state index is -1.10. The maximum atomic E-state index is 10.4. The van der Waals surface area contributed by atoms with Crippen molar-refractivity contribution in [3.63, 3.8) is 0 Å². The lowest BCUT2D eigenvalue weighted by molar-refractivity contribution is -0.139. The molecule has 80 valence electrons. The molecule has 0 unspecified atom stereocenters. The summed E-state index contributed by atoms with van der Waals surface area (Å²) in [6, 6.07) is 8.73. The smallest absolute Gasteiger partial charge is 0.341 e. The molecule has 2 rings (SSSR count). The number of nitrogens with zero attached hydrogens (tertiary/aromatic N) is 1. The fraction of sp³-hybridized carbons (Fsp3) is 0.0909. The average Bonchev–Trinajstić information content (AvgIpc) is 2.64. The van der Waals surface area contributed by atoms with Crippen molar-refractivity contribution in [2.45, 2.75) is 0 Å². The van der Waals surface area contributed by atoms with Crippen LogP contribution in [-0.4, -0.2) is 17.7 Å². The lowest BCUT2D eigenvalue weighted by Crippen LogP contribution is -2.09. The lowest BCUT2D eigenvalue weighted by atomic mass is 10.2. The molecule has 0 spiro atoms. The highest BCUT2D eigenvalue weighted by Gasteiger charge is 2.15. The molecule has 1 heterocycles. The van der Waals surface area contributed by atoms with Gasteiger partial charge in [0.25, 0.3) is 0 Å². The van der Waals surface area contributed by atoms with Crippen LogP contribution < -0.4 is 4.74 Å². The Morgan fingerprint density at radius 3 is 2.94 bits per heavy atom. The van der Waals surface area contributed by atoms with E-state index in [4.69, 9.17) is 19.5 Å². The molecule has 5 heteroatoms. The predicted molar refractivity (Wildman–Crippen MR) is 54.1 cm³/mol. The number of furan rings is 1. The summed E-state index contributed by atoms with van der Waals surface area (Å²) in [5.74, 6) is -0.933. The Bertz CT molecular complexity index is 579. The van der Waals surface area contributed by atoms with Crippen LogP contribution in [0.4, 0.5) is 0 Å². The summed E-state index contributed by atoms with van der Waals surface area (Å²) in [4.78, 5) is 10.4. The number of para-hydroxylation sites is 1. The number of rotatable bonds is 3. The first-order valence-electron chi connectivity index (χ1n) is 4.48. The third kappa shape index (κ3) is 1.68. The number of hydrogen-bond donors (Lipinski definition) is 1. The second-order valence-corrected chi connectivity index (χ2v) is 3.05. The Morgan fingerprint density at radius 2 is 2.25 bits per heavy atom. The number of nitriles is 1. The number of carboxylic acid groups (broad SMARTS) is 1. The summed E-state index contributed by atoms with van der Waals surface area (Å²) in [5, 5.41) is 17.9. The maximum absolute atomic E-state index is 10.4. The van der Waals surface area contributed by atoms with E-state index in [2.05, 4.69) is 0 Å². The Morgan fingerprint density at radius 1 is 1.50 bits per heavy atom. The van der Waals surface area contributed by atoms with Crippen LogP contribution in [0.25, 0.3) is 11.0 Å². The second-order valence-electron chi connectivity index (χ2n) is 3.05. The van der Waals surface area contributed by atoms with E-state index in [1.54, 1.807) is 24.3 Å². The molecule has 0 aliphatic carbocycles. The van der Waals surface area contributed by atoms with Gasteiger partial charge in [0.2, 0.25) is 5.76 Å². The SMILES string of the molecule is N#Cc1oc2ccccc2c1OCC(=O)O. The Balaban J connectivity index is 2.48. The van der Waals surface area contributed by atoms with E-state index in [1.165, 1.54) is 0 Å². The van der Waals surface area contributed by atoms with Gasteiger partial charge in [0.05, 0.1) is 5.39 Å². The van der Waals surface area contributed by atoms with E-state index >= 15 is 0 Å². The maximum Gasteiger partial charge on any atom is 0.341 e. The zero-order chi connectivity index (χ0) is 11.5. The van der Waals surface area contributed by atoms with Crippen LogP contribution >= 0.6 is 0 Å². The predicted octanol–water partition coefficient (Wildman–Crippen LogP) is 1.77. The molecule has 0 saturated heterocycles. The standard InChI is InChI=1S/C11H7NO4/c12-5-9-11(15-6-10(13)14)7-3-1-2-4-8(7)16-9/h1-4H,6H2,(H,13,14). The third-order valence-electron chi connectivity index (χ3n) is 1.99. The van der Waals surface area contributed by atoms with Gasteiger partial charge in [-0.15, -0.1) is 0 Å². The molecule has 0 amide bonds. The van der Waals surface area contributed by atoms with Crippen molar-refractivity contribution in [2.24, 2.45) is 0 Å². The molecule has 16 heavy (non-hydrogen) atoms. The van der Waals surface area contributed by atoms with E-state index in [0.29, 0.717) is 11.0 Å². The van der Waals surface area contributed by atoms with Crippen LogP contribution in [0.2, 0.25) is 0 Å². The molecule has 0 bridgehead atoms. The van der Waals surface area contributed by atoms with Crippen LogP contribution in [0.15, 0.2) is 28.7 Å². The summed E-state index contributed by atoms with van der Waals surface area (Å²) in [6.07, 6.45) is 0. The molecule has 0 radical (unpaired) electrons. The normalized spacial score (nSPS) is 9.94. The topological polar surface area (TPSA) is 83.5 Å². The van der Waals surface area contributed by atoms with Gasteiger partial charge in [-0.25, -0.2) is 4.79 Å². The van der Waals surface area contributed by atoms with E-state index < -0.39 is 12.6 Å². The van der Waals surface area contributed by atoms with Crippen molar-refractivity contribution in [3.05, 3.63) is 30.0 Å². The largest absolute Gasteiger partial charge is 0.479 e. The molecule has 0 atom stereocenters. The van der Waals surface area contributed by atoms with Crippen LogP contribution in [0.1, 0.15) is 5.76 Å². The first-order chi connectivity index (χ1) is 7.72. The van der Waals surface area contributed by atoms with E-state index in [9.17, 15) is 4.79 Å². The van der Waals surface area contributed by atoms with Gasteiger partial charge in [0.1, 0.15) is 11.7 Å². The minimum absolute atomic E-state index is 0.0116. The van der Waals surface area contributed by atoms with E-state index in [0.717, 1.165) is 0 Å². The zero-order valence-corrected chi connectivity index (χ0v) is 8.14.